The fourth-order valence-corrected chi connectivity index (χ4v) is 2.72. The highest BCUT2D eigenvalue weighted by Crippen LogP contribution is 2.29. The van der Waals surface area contributed by atoms with Crippen molar-refractivity contribution in [2.24, 2.45) is 11.1 Å². The predicted octanol–water partition coefficient (Wildman–Crippen LogP) is 2.60. The highest BCUT2D eigenvalue weighted by atomic mass is 35.5. The first kappa shape index (κ1) is 23.7. The number of nitrogens with one attached hydrogen (secondary N) is 1. The first-order valence-corrected chi connectivity index (χ1v) is 9.09. The number of hydrogen-bond donors (Lipinski definition) is 2. The summed E-state index contributed by atoms with van der Waals surface area (Å²) in [7, 11) is 4.83. The van der Waals surface area contributed by atoms with E-state index in [4.69, 9.17) is 29.2 Å². The molecule has 28 heavy (non-hydrogen) atoms. The summed E-state index contributed by atoms with van der Waals surface area (Å²) in [5, 5.41) is 15.2. The number of rotatable bonds is 7. The van der Waals surface area contributed by atoms with Gasteiger partial charge in [-0.3, -0.25) is 5.32 Å². The Morgan fingerprint density at radius 3 is 2.39 bits per heavy atom. The van der Waals surface area contributed by atoms with Crippen molar-refractivity contribution in [1.29, 1.82) is 0 Å². The Bertz CT molecular complexity index is 776. The van der Waals surface area contributed by atoms with Crippen molar-refractivity contribution in [2.45, 2.75) is 46.3 Å². The van der Waals surface area contributed by atoms with Crippen molar-refractivity contribution in [1.82, 2.24) is 4.98 Å². The number of hydrogen-bond acceptors (Lipinski definition) is 9. The van der Waals surface area contributed by atoms with Gasteiger partial charge in [-0.2, -0.15) is 0 Å². The Hall–Kier alpha value is -2.34. The van der Waals surface area contributed by atoms with Gasteiger partial charge in [-0.25, -0.2) is 19.4 Å². The first-order valence-electron chi connectivity index (χ1n) is 7.90. The van der Waals surface area contributed by atoms with E-state index < -0.39 is 41.4 Å². The standard InChI is InChI=1S/C15H19BClN3O7S/c1-6(2)9(12(23)26-16)27-20-8(11(21)22)7-10(17)28-13(18-7)19-14(24)25-15(3,4)5/h6,9H,1-5H3,(H,21,22)(H,18,19,24)/b20-8-/t9-/m0/s1. The number of carbonyl (C=O) groups is 3. The molecule has 1 atom stereocenters. The average Bonchev–Trinajstić information content (AvgIpc) is 2.88. The van der Waals surface area contributed by atoms with Crippen LogP contribution in [0.25, 0.3) is 0 Å². The zero-order valence-electron chi connectivity index (χ0n) is 15.8. The van der Waals surface area contributed by atoms with Crippen LogP contribution in [0.1, 0.15) is 40.3 Å². The molecular formula is C15H19BClN3O7S. The lowest BCUT2D eigenvalue weighted by molar-refractivity contribution is -0.150. The zero-order valence-corrected chi connectivity index (χ0v) is 17.4. The van der Waals surface area contributed by atoms with Crippen LogP contribution in [0.2, 0.25) is 4.34 Å². The Labute approximate surface area is 171 Å². The number of oxime groups is 1. The van der Waals surface area contributed by atoms with E-state index in [1.807, 2.05) is 0 Å². The minimum Gasteiger partial charge on any atom is -0.541 e. The van der Waals surface area contributed by atoms with Crippen LogP contribution in [0.4, 0.5) is 9.93 Å². The second-order valence-corrected chi connectivity index (χ2v) is 8.32. The second kappa shape index (κ2) is 9.74. The summed E-state index contributed by atoms with van der Waals surface area (Å²) in [4.78, 5) is 43.9. The van der Waals surface area contributed by atoms with Crippen LogP contribution in [0, 0.1) is 5.92 Å². The van der Waals surface area contributed by atoms with Crippen LogP contribution >= 0.6 is 22.9 Å². The third-order valence-electron chi connectivity index (χ3n) is 2.83. The van der Waals surface area contributed by atoms with Gasteiger partial charge >= 0.3 is 26.1 Å². The molecule has 0 saturated carbocycles. The molecule has 0 fully saturated rings. The molecule has 0 aromatic carbocycles. The topological polar surface area (TPSA) is 136 Å². The maximum absolute atomic E-state index is 11.8. The highest BCUT2D eigenvalue weighted by molar-refractivity contribution is 7.20. The summed E-state index contributed by atoms with van der Waals surface area (Å²) < 4.78 is 9.11. The third kappa shape index (κ3) is 7.00. The van der Waals surface area contributed by atoms with Crippen LogP contribution < -0.4 is 5.32 Å². The molecule has 0 aliphatic carbocycles. The number of carboxylic acids is 1. The van der Waals surface area contributed by atoms with E-state index >= 15 is 0 Å². The summed E-state index contributed by atoms with van der Waals surface area (Å²) in [6.07, 6.45) is -2.03. The van der Waals surface area contributed by atoms with Crippen LogP contribution in [-0.4, -0.2) is 53.6 Å². The van der Waals surface area contributed by atoms with Gasteiger partial charge in [0.2, 0.25) is 11.8 Å². The zero-order chi connectivity index (χ0) is 21.6. The smallest absolute Gasteiger partial charge is 0.413 e. The molecule has 1 rings (SSSR count). The van der Waals surface area contributed by atoms with Gasteiger partial charge in [0, 0.05) is 5.92 Å². The summed E-state index contributed by atoms with van der Waals surface area (Å²) in [5.41, 5.74) is -1.67. The summed E-state index contributed by atoms with van der Waals surface area (Å²) in [5.74, 6) is -2.86. The van der Waals surface area contributed by atoms with Gasteiger partial charge in [-0.15, -0.1) is 0 Å². The molecule has 2 N–H and O–H groups in total. The molecule has 13 heteroatoms. The SMILES string of the molecule is [B]OC(=O)[C@@H](O/N=C(\C(=O)O)c1nc(NC(=O)OC(C)(C)C)sc1Cl)C(C)C. The van der Waals surface area contributed by atoms with E-state index in [1.165, 1.54) is 0 Å². The normalized spacial score (nSPS) is 13.0. The van der Waals surface area contributed by atoms with Crippen molar-refractivity contribution in [3.05, 3.63) is 10.0 Å². The third-order valence-corrected chi connectivity index (χ3v) is 4.00. The molecule has 0 saturated heterocycles. The van der Waals surface area contributed by atoms with Crippen LogP contribution in [0.3, 0.4) is 0 Å². The van der Waals surface area contributed by atoms with Crippen molar-refractivity contribution < 1.29 is 33.7 Å². The van der Waals surface area contributed by atoms with Gasteiger partial charge in [-0.1, -0.05) is 41.9 Å². The summed E-state index contributed by atoms with van der Waals surface area (Å²) in [6.45, 7) is 8.27. The number of halogens is 1. The minimum atomic E-state index is -1.51. The Balaban J connectivity index is 3.09. The average molecular weight is 432 g/mol. The lowest BCUT2D eigenvalue weighted by atomic mass is 10.1. The van der Waals surface area contributed by atoms with Gasteiger partial charge in [-0.05, 0) is 20.8 Å². The Kier molecular flexibility index (Phi) is 8.24. The molecule has 1 aromatic heterocycles. The maximum atomic E-state index is 11.8. The van der Waals surface area contributed by atoms with E-state index in [-0.39, 0.29) is 15.2 Å². The Morgan fingerprint density at radius 1 is 1.32 bits per heavy atom. The number of anilines is 1. The van der Waals surface area contributed by atoms with Gasteiger partial charge in [0.15, 0.2) is 5.13 Å². The number of nitrogens with zero attached hydrogens (tertiary/aromatic N) is 2. The van der Waals surface area contributed by atoms with Crippen molar-refractivity contribution in [3.63, 3.8) is 0 Å². The second-order valence-electron chi connectivity index (χ2n) is 6.72. The minimum absolute atomic E-state index is 0.00928. The molecular weight excluding hydrogens is 413 g/mol. The number of carboxylic acid groups (broad SMARTS) is 1. The molecule has 0 bridgehead atoms. The molecule has 152 valence electrons. The summed E-state index contributed by atoms with van der Waals surface area (Å²) in [6, 6.07) is 0. The van der Waals surface area contributed by atoms with E-state index in [0.717, 1.165) is 11.3 Å². The number of carbonyl (C=O) groups excluding carboxylic acids is 2. The molecule has 1 aromatic rings. The van der Waals surface area contributed by atoms with Gasteiger partial charge in [0.1, 0.15) is 15.6 Å². The molecule has 2 radical (unpaired) electrons. The number of amides is 1. The first-order chi connectivity index (χ1) is 12.9. The van der Waals surface area contributed by atoms with Crippen molar-refractivity contribution in [3.8, 4) is 0 Å². The molecule has 0 aliphatic heterocycles. The van der Waals surface area contributed by atoms with Gasteiger partial charge < -0.3 is 19.3 Å². The summed E-state index contributed by atoms with van der Waals surface area (Å²) >= 11 is 6.82. The van der Waals surface area contributed by atoms with E-state index in [1.54, 1.807) is 34.6 Å². The molecule has 0 aliphatic rings. The lowest BCUT2D eigenvalue weighted by Gasteiger charge is -2.18. The number of ether oxygens (including phenoxy) is 1. The lowest BCUT2D eigenvalue weighted by Crippen LogP contribution is -2.30. The quantitative estimate of drug-likeness (QED) is 0.382. The van der Waals surface area contributed by atoms with E-state index in [0.29, 0.717) is 0 Å². The van der Waals surface area contributed by atoms with Crippen LogP contribution in [0.15, 0.2) is 5.16 Å². The maximum Gasteiger partial charge on any atom is 0.413 e. The number of aliphatic carboxylic acids is 1. The molecule has 1 heterocycles. The fraction of sp³-hybridized carbons (Fsp3) is 0.533. The number of aromatic nitrogens is 1. The number of thiazole rings is 1. The molecule has 0 unspecified atom stereocenters. The van der Waals surface area contributed by atoms with E-state index in [2.05, 4.69) is 20.1 Å². The molecule has 10 nitrogen and oxygen atoms in total. The Morgan fingerprint density at radius 2 is 1.93 bits per heavy atom. The fourth-order valence-electron chi connectivity index (χ4n) is 1.69. The van der Waals surface area contributed by atoms with Crippen LogP contribution in [0.5, 0.6) is 0 Å². The van der Waals surface area contributed by atoms with Crippen LogP contribution in [-0.2, 0) is 23.8 Å². The largest absolute Gasteiger partial charge is 0.541 e. The monoisotopic (exact) mass is 431 g/mol. The van der Waals surface area contributed by atoms with Gasteiger partial charge in [0.05, 0.1) is 0 Å². The van der Waals surface area contributed by atoms with Crippen molar-refractivity contribution >= 4 is 59.9 Å². The van der Waals surface area contributed by atoms with Crippen molar-refractivity contribution in [2.75, 3.05) is 5.32 Å². The molecule has 1 amide bonds. The van der Waals surface area contributed by atoms with E-state index in [9.17, 15) is 19.5 Å². The van der Waals surface area contributed by atoms with Gasteiger partial charge in [0.25, 0.3) is 0 Å². The highest BCUT2D eigenvalue weighted by Gasteiger charge is 2.28. The predicted molar refractivity (Wildman–Crippen MR) is 103 cm³/mol. The molecule has 0 spiro atoms.